The number of ether oxygens (including phenoxy) is 5. The third kappa shape index (κ3) is 7.07. The van der Waals surface area contributed by atoms with E-state index in [2.05, 4.69) is 18.9 Å². The van der Waals surface area contributed by atoms with Crippen molar-refractivity contribution in [1.29, 1.82) is 0 Å². The van der Waals surface area contributed by atoms with Crippen LogP contribution in [-0.4, -0.2) is 47.5 Å². The van der Waals surface area contributed by atoms with E-state index in [4.69, 9.17) is 20.1 Å². The molecule has 32 heavy (non-hydrogen) atoms. The van der Waals surface area contributed by atoms with E-state index in [1.165, 1.54) is 0 Å². The molecule has 0 amide bonds. The van der Waals surface area contributed by atoms with Crippen molar-refractivity contribution in [2.24, 2.45) is 0 Å². The van der Waals surface area contributed by atoms with Crippen LogP contribution in [0.15, 0.2) is 30.3 Å². The summed E-state index contributed by atoms with van der Waals surface area (Å²) < 4.78 is 97.9. The summed E-state index contributed by atoms with van der Waals surface area (Å²) in [6.07, 6.45) is -9.09. The van der Waals surface area contributed by atoms with Crippen molar-refractivity contribution in [3.63, 3.8) is 0 Å². The molecule has 0 atom stereocenters. The highest BCUT2D eigenvalue weighted by Crippen LogP contribution is 2.40. The number of esters is 1. The van der Waals surface area contributed by atoms with Crippen LogP contribution in [0.4, 0.5) is 26.3 Å². The van der Waals surface area contributed by atoms with Crippen molar-refractivity contribution in [1.82, 2.24) is 0 Å². The Morgan fingerprint density at radius 3 is 2.09 bits per heavy atom. The molecule has 0 saturated heterocycles. The molecule has 2 rings (SSSR count). The number of carbonyl (C=O) groups is 1. The number of benzene rings is 2. The first-order valence-electron chi connectivity index (χ1n) is 7.99. The van der Waals surface area contributed by atoms with Gasteiger partial charge in [0.25, 0.3) is 0 Å². The normalized spacial score (nSPS) is 11.8. The molecule has 0 heterocycles. The summed E-state index contributed by atoms with van der Waals surface area (Å²) in [5.74, 6) is -7.19. The Balaban J connectivity index is 2.57. The lowest BCUT2D eigenvalue weighted by atomic mass is 10.1. The fraction of sp³-hybridized carbons (Fsp3) is 0.235. The van der Waals surface area contributed by atoms with E-state index >= 15 is 0 Å². The molecule has 9 nitrogen and oxygen atoms in total. The average Bonchev–Trinajstić information content (AvgIpc) is 2.60. The average molecular weight is 474 g/mol. The molecule has 0 saturated carbocycles. The van der Waals surface area contributed by atoms with Crippen molar-refractivity contribution >= 4 is 5.97 Å². The molecule has 0 aromatic heterocycles. The summed E-state index contributed by atoms with van der Waals surface area (Å²) in [6.45, 7) is -3.40. The molecule has 0 fully saturated rings. The molecule has 2 aromatic carbocycles. The summed E-state index contributed by atoms with van der Waals surface area (Å²) in [5.41, 5.74) is -0.945. The van der Waals surface area contributed by atoms with Gasteiger partial charge in [0.2, 0.25) is 0 Å². The van der Waals surface area contributed by atoms with Crippen LogP contribution in [0.2, 0.25) is 0 Å². The first-order chi connectivity index (χ1) is 14.7. The molecule has 15 heteroatoms. The lowest BCUT2D eigenvalue weighted by Crippen LogP contribution is -2.34. The van der Waals surface area contributed by atoms with E-state index in [1.807, 2.05) is 0 Å². The van der Waals surface area contributed by atoms with Crippen molar-refractivity contribution < 1.29 is 70.1 Å². The maximum Gasteiger partial charge on any atom is 0.573 e. The number of hydrogen-bond donors (Lipinski definition) is 3. The van der Waals surface area contributed by atoms with Crippen molar-refractivity contribution in [3.05, 3.63) is 41.7 Å². The van der Waals surface area contributed by atoms with E-state index in [-0.39, 0.29) is 0 Å². The van der Waals surface area contributed by atoms with Crippen molar-refractivity contribution in [3.8, 4) is 28.7 Å². The molecule has 0 aliphatic rings. The molecule has 2 aromatic rings. The topological polar surface area (TPSA) is 124 Å². The number of hydrogen-bond acceptors (Lipinski definition) is 9. The van der Waals surface area contributed by atoms with Gasteiger partial charge in [0.1, 0.15) is 28.6 Å². The van der Waals surface area contributed by atoms with Crippen LogP contribution in [-0.2, 0) is 4.74 Å². The predicted molar refractivity (Wildman–Crippen MR) is 87.6 cm³/mol. The Bertz CT molecular complexity index is 972. The smallest absolute Gasteiger partial charge is 0.465 e. The second kappa shape index (κ2) is 9.37. The van der Waals surface area contributed by atoms with Crippen molar-refractivity contribution in [2.45, 2.75) is 19.1 Å². The Hall–Kier alpha value is -3.43. The standard InChI is InChI=1S/C17H12F6O9/c1-28-14(24)13-9(18)4-8(29-15(19)20)6-12(13)30-10-3-2-7(31-16(21,22)23)5-11(10)32-17(25,26)27/h2-6,15,25-27H,1H3. The molecule has 0 bridgehead atoms. The van der Waals surface area contributed by atoms with Gasteiger partial charge in [-0.1, -0.05) is 0 Å². The summed E-state index contributed by atoms with van der Waals surface area (Å²) >= 11 is 0. The van der Waals surface area contributed by atoms with Crippen molar-refractivity contribution in [2.75, 3.05) is 7.11 Å². The maximum atomic E-state index is 14.3. The summed E-state index contributed by atoms with van der Waals surface area (Å²) in [5, 5.41) is 27.0. The second-order valence-electron chi connectivity index (χ2n) is 5.58. The van der Waals surface area contributed by atoms with Gasteiger partial charge in [-0.2, -0.15) is 8.78 Å². The number of aliphatic hydroxyl groups is 3. The highest BCUT2D eigenvalue weighted by molar-refractivity contribution is 5.93. The van der Waals surface area contributed by atoms with Crippen LogP contribution in [0.1, 0.15) is 10.4 Å². The molecule has 0 aliphatic carbocycles. The molecule has 0 unspecified atom stereocenters. The van der Waals surface area contributed by atoms with Gasteiger partial charge in [-0.15, -0.1) is 13.2 Å². The van der Waals surface area contributed by atoms with Gasteiger partial charge < -0.3 is 39.0 Å². The van der Waals surface area contributed by atoms with Gasteiger partial charge in [-0.25, -0.2) is 9.18 Å². The zero-order valence-electron chi connectivity index (χ0n) is 15.5. The number of methoxy groups -OCH3 is 1. The zero-order valence-corrected chi connectivity index (χ0v) is 15.5. The van der Waals surface area contributed by atoms with Gasteiger partial charge >= 0.3 is 25.1 Å². The van der Waals surface area contributed by atoms with Crippen LogP contribution < -0.4 is 18.9 Å². The van der Waals surface area contributed by atoms with E-state index in [0.29, 0.717) is 30.3 Å². The fourth-order valence-corrected chi connectivity index (χ4v) is 2.22. The molecule has 0 aliphatic heterocycles. The Morgan fingerprint density at radius 1 is 0.938 bits per heavy atom. The van der Waals surface area contributed by atoms with E-state index < -0.39 is 65.2 Å². The third-order valence-corrected chi connectivity index (χ3v) is 3.26. The number of alkyl halides is 5. The fourth-order valence-electron chi connectivity index (χ4n) is 2.22. The summed E-state index contributed by atoms with van der Waals surface area (Å²) in [4.78, 5) is 11.9. The lowest BCUT2D eigenvalue weighted by molar-refractivity contribution is -0.419. The number of rotatable bonds is 8. The zero-order chi connectivity index (χ0) is 24.3. The number of carbonyl (C=O) groups excluding carboxylic acids is 1. The van der Waals surface area contributed by atoms with Gasteiger partial charge in [-0.3, -0.25) is 0 Å². The Morgan fingerprint density at radius 2 is 1.56 bits per heavy atom. The lowest BCUT2D eigenvalue weighted by Gasteiger charge is -2.20. The van der Waals surface area contributed by atoms with Crippen LogP contribution in [0.5, 0.6) is 28.7 Å². The monoisotopic (exact) mass is 474 g/mol. The van der Waals surface area contributed by atoms with Crippen LogP contribution in [0.25, 0.3) is 0 Å². The van der Waals surface area contributed by atoms with Gasteiger partial charge in [0.05, 0.1) is 7.11 Å². The molecule has 0 spiro atoms. The van der Waals surface area contributed by atoms with E-state index in [1.54, 1.807) is 0 Å². The first-order valence-corrected chi connectivity index (χ1v) is 7.99. The van der Waals surface area contributed by atoms with Crippen LogP contribution >= 0.6 is 0 Å². The first kappa shape index (κ1) is 24.8. The Labute approximate surface area is 173 Å². The highest BCUT2D eigenvalue weighted by atomic mass is 19.4. The molecule has 176 valence electrons. The molecular formula is C17H12F6O9. The van der Waals surface area contributed by atoms with Gasteiger partial charge in [-0.05, 0) is 12.1 Å². The van der Waals surface area contributed by atoms with E-state index in [0.717, 1.165) is 7.11 Å². The second-order valence-corrected chi connectivity index (χ2v) is 5.58. The Kier molecular flexibility index (Phi) is 7.27. The minimum atomic E-state index is -5.17. The van der Waals surface area contributed by atoms with Crippen LogP contribution in [0, 0.1) is 5.82 Å². The van der Waals surface area contributed by atoms with E-state index in [9.17, 15) is 31.1 Å². The minimum Gasteiger partial charge on any atom is -0.465 e. The SMILES string of the molecule is COC(=O)c1c(F)cc(OC(F)F)cc1Oc1ccc(OC(F)(F)F)cc1OC(O)(O)O. The molecule has 0 radical (unpaired) electrons. The summed E-state index contributed by atoms with van der Waals surface area (Å²) in [7, 11) is 0.852. The van der Waals surface area contributed by atoms with Gasteiger partial charge in [0.15, 0.2) is 11.5 Å². The molecule has 3 N–H and O–H groups in total. The maximum absolute atomic E-state index is 14.3. The van der Waals surface area contributed by atoms with Gasteiger partial charge in [0, 0.05) is 18.2 Å². The minimum absolute atomic E-state index is 0.383. The molecular weight excluding hydrogens is 462 g/mol. The predicted octanol–water partition coefficient (Wildman–Crippen LogP) is 2.87. The summed E-state index contributed by atoms with van der Waals surface area (Å²) in [6, 6.07) is 2.70. The third-order valence-electron chi connectivity index (χ3n) is 3.26. The largest absolute Gasteiger partial charge is 0.573 e. The highest BCUT2D eigenvalue weighted by Gasteiger charge is 2.32. The number of halogens is 6. The van der Waals surface area contributed by atoms with Crippen LogP contribution in [0.3, 0.4) is 0 Å². The quantitative estimate of drug-likeness (QED) is 0.301.